The highest BCUT2D eigenvalue weighted by atomic mass is 35.5. The summed E-state index contributed by atoms with van der Waals surface area (Å²) >= 11 is 11.5. The first-order valence-electron chi connectivity index (χ1n) is 3.52. The van der Waals surface area contributed by atoms with Crippen molar-refractivity contribution in [3.05, 3.63) is 28.2 Å². The molecule has 0 spiro atoms. The van der Waals surface area contributed by atoms with Crippen LogP contribution in [0, 0.1) is 0 Å². The summed E-state index contributed by atoms with van der Waals surface area (Å²) < 4.78 is 5.22. The summed E-state index contributed by atoms with van der Waals surface area (Å²) in [5, 5.41) is 1.02. The van der Waals surface area contributed by atoms with E-state index in [0.29, 0.717) is 28.9 Å². The highest BCUT2D eigenvalue weighted by molar-refractivity contribution is 6.42. The molecule has 0 fully saturated rings. The molecule has 0 bridgehead atoms. The van der Waals surface area contributed by atoms with Crippen LogP contribution in [0.15, 0.2) is 18.2 Å². The van der Waals surface area contributed by atoms with Gasteiger partial charge in [-0.25, -0.2) is 0 Å². The van der Waals surface area contributed by atoms with Gasteiger partial charge in [0, 0.05) is 12.6 Å². The Labute approximate surface area is 93.4 Å². The average Bonchev–Trinajstić information content (AvgIpc) is 2.07. The summed E-state index contributed by atoms with van der Waals surface area (Å²) in [6.45, 7) is 0.970. The van der Waals surface area contributed by atoms with Gasteiger partial charge in [-0.05, 0) is 12.1 Å². The predicted octanol–water partition coefficient (Wildman–Crippen LogP) is 2.75. The molecule has 0 unspecified atom stereocenters. The molecule has 0 heterocycles. The maximum absolute atomic E-state index is 5.75. The van der Waals surface area contributed by atoms with Crippen LogP contribution in [0.3, 0.4) is 0 Å². The van der Waals surface area contributed by atoms with Crippen LogP contribution in [0.5, 0.6) is 5.75 Å². The van der Waals surface area contributed by atoms with E-state index in [2.05, 4.69) is 0 Å². The van der Waals surface area contributed by atoms with Crippen molar-refractivity contribution in [1.82, 2.24) is 0 Å². The van der Waals surface area contributed by atoms with Crippen LogP contribution in [-0.4, -0.2) is 13.2 Å². The van der Waals surface area contributed by atoms with E-state index in [0.717, 1.165) is 0 Å². The molecule has 0 saturated carbocycles. The van der Waals surface area contributed by atoms with Crippen molar-refractivity contribution in [2.24, 2.45) is 5.73 Å². The van der Waals surface area contributed by atoms with E-state index in [1.165, 1.54) is 0 Å². The molecule has 1 aromatic carbocycles. The Bertz CT molecular complexity index is 268. The molecule has 0 atom stereocenters. The standard InChI is InChI=1S/C8H9Cl2NO.ClH/c9-7-2-1-6(5-8(7)10)12-4-3-11;/h1-2,5H,3-4,11H2;1H. The van der Waals surface area contributed by atoms with Crippen LogP contribution in [0.4, 0.5) is 0 Å². The Kier molecular flexibility index (Phi) is 6.25. The van der Waals surface area contributed by atoms with E-state index in [4.69, 9.17) is 33.7 Å². The third kappa shape index (κ3) is 4.05. The van der Waals surface area contributed by atoms with Gasteiger partial charge in [0.25, 0.3) is 0 Å². The van der Waals surface area contributed by atoms with Crippen molar-refractivity contribution in [3.63, 3.8) is 0 Å². The molecule has 5 heteroatoms. The number of ether oxygens (including phenoxy) is 1. The third-order valence-electron chi connectivity index (χ3n) is 1.28. The van der Waals surface area contributed by atoms with E-state index in [1.54, 1.807) is 18.2 Å². The van der Waals surface area contributed by atoms with Gasteiger partial charge in [-0.2, -0.15) is 0 Å². The lowest BCUT2D eigenvalue weighted by Crippen LogP contribution is -2.10. The normalized spacial score (nSPS) is 9.15. The molecular formula is C8H10Cl3NO. The van der Waals surface area contributed by atoms with Gasteiger partial charge in [0.05, 0.1) is 10.0 Å². The zero-order valence-corrected chi connectivity index (χ0v) is 9.12. The highest BCUT2D eigenvalue weighted by Gasteiger charge is 1.98. The summed E-state index contributed by atoms with van der Waals surface area (Å²) in [5.41, 5.74) is 5.26. The number of rotatable bonds is 3. The first-order valence-corrected chi connectivity index (χ1v) is 4.27. The number of hydrogen-bond acceptors (Lipinski definition) is 2. The fraction of sp³-hybridized carbons (Fsp3) is 0.250. The summed E-state index contributed by atoms with van der Waals surface area (Å²) in [6, 6.07) is 5.11. The molecule has 74 valence electrons. The second kappa shape index (κ2) is 6.33. The lowest BCUT2D eigenvalue weighted by atomic mass is 10.3. The maximum atomic E-state index is 5.75. The Morgan fingerprint density at radius 3 is 2.46 bits per heavy atom. The summed E-state index contributed by atoms with van der Waals surface area (Å²) in [7, 11) is 0. The van der Waals surface area contributed by atoms with Gasteiger partial charge in [-0.1, -0.05) is 23.2 Å². The lowest BCUT2D eigenvalue weighted by molar-refractivity contribution is 0.328. The Balaban J connectivity index is 0.00000144. The topological polar surface area (TPSA) is 35.2 Å². The summed E-state index contributed by atoms with van der Waals surface area (Å²) in [4.78, 5) is 0. The first-order chi connectivity index (χ1) is 5.74. The second-order valence-corrected chi connectivity index (χ2v) is 3.03. The SMILES string of the molecule is Cl.NCCOc1ccc(Cl)c(Cl)c1. The van der Waals surface area contributed by atoms with Gasteiger partial charge in [0.2, 0.25) is 0 Å². The minimum Gasteiger partial charge on any atom is -0.492 e. The van der Waals surface area contributed by atoms with Crippen LogP contribution in [0.2, 0.25) is 10.0 Å². The van der Waals surface area contributed by atoms with Crippen molar-refractivity contribution < 1.29 is 4.74 Å². The number of hydrogen-bond donors (Lipinski definition) is 1. The van der Waals surface area contributed by atoms with Gasteiger partial charge in [0.1, 0.15) is 12.4 Å². The number of nitrogens with two attached hydrogens (primary N) is 1. The quantitative estimate of drug-likeness (QED) is 0.884. The molecule has 1 aromatic rings. The molecule has 13 heavy (non-hydrogen) atoms. The van der Waals surface area contributed by atoms with Crippen molar-refractivity contribution in [1.29, 1.82) is 0 Å². The molecule has 1 rings (SSSR count). The molecule has 0 aliphatic carbocycles. The van der Waals surface area contributed by atoms with Crippen molar-refractivity contribution in [3.8, 4) is 5.75 Å². The number of benzene rings is 1. The van der Waals surface area contributed by atoms with Gasteiger partial charge < -0.3 is 10.5 Å². The monoisotopic (exact) mass is 241 g/mol. The molecular weight excluding hydrogens is 232 g/mol. The molecule has 0 amide bonds. The fourth-order valence-corrected chi connectivity index (χ4v) is 1.03. The average molecular weight is 243 g/mol. The smallest absolute Gasteiger partial charge is 0.120 e. The molecule has 2 nitrogen and oxygen atoms in total. The minimum absolute atomic E-state index is 0. The Morgan fingerprint density at radius 1 is 1.23 bits per heavy atom. The zero-order chi connectivity index (χ0) is 8.97. The van der Waals surface area contributed by atoms with E-state index in [-0.39, 0.29) is 12.4 Å². The minimum atomic E-state index is 0. The lowest BCUT2D eigenvalue weighted by Gasteiger charge is -2.04. The zero-order valence-electron chi connectivity index (χ0n) is 6.80. The van der Waals surface area contributed by atoms with Gasteiger partial charge >= 0.3 is 0 Å². The second-order valence-electron chi connectivity index (χ2n) is 2.21. The first kappa shape index (κ1) is 12.8. The van der Waals surface area contributed by atoms with Crippen LogP contribution >= 0.6 is 35.6 Å². The Morgan fingerprint density at radius 2 is 1.92 bits per heavy atom. The Hall–Kier alpha value is -0.150. The summed E-state index contributed by atoms with van der Waals surface area (Å²) in [5.74, 6) is 0.690. The van der Waals surface area contributed by atoms with Crippen molar-refractivity contribution in [2.45, 2.75) is 0 Å². The fourth-order valence-electron chi connectivity index (χ4n) is 0.743. The predicted molar refractivity (Wildman–Crippen MR) is 58.3 cm³/mol. The van der Waals surface area contributed by atoms with Crippen LogP contribution < -0.4 is 10.5 Å². The molecule has 0 aliphatic rings. The molecule has 0 aliphatic heterocycles. The third-order valence-corrected chi connectivity index (χ3v) is 2.02. The number of halogens is 3. The van der Waals surface area contributed by atoms with E-state index in [9.17, 15) is 0 Å². The highest BCUT2D eigenvalue weighted by Crippen LogP contribution is 2.26. The van der Waals surface area contributed by atoms with Crippen LogP contribution in [0.1, 0.15) is 0 Å². The molecule has 0 aromatic heterocycles. The van der Waals surface area contributed by atoms with Crippen LogP contribution in [-0.2, 0) is 0 Å². The van der Waals surface area contributed by atoms with Crippen LogP contribution in [0.25, 0.3) is 0 Å². The van der Waals surface area contributed by atoms with Gasteiger partial charge in [-0.3, -0.25) is 0 Å². The van der Waals surface area contributed by atoms with Gasteiger partial charge in [-0.15, -0.1) is 12.4 Å². The summed E-state index contributed by atoms with van der Waals surface area (Å²) in [6.07, 6.45) is 0. The van der Waals surface area contributed by atoms with Crippen molar-refractivity contribution in [2.75, 3.05) is 13.2 Å². The largest absolute Gasteiger partial charge is 0.492 e. The van der Waals surface area contributed by atoms with Gasteiger partial charge in [0.15, 0.2) is 0 Å². The molecule has 0 radical (unpaired) electrons. The van der Waals surface area contributed by atoms with Crippen molar-refractivity contribution >= 4 is 35.6 Å². The van der Waals surface area contributed by atoms with E-state index < -0.39 is 0 Å². The van der Waals surface area contributed by atoms with E-state index in [1.807, 2.05) is 0 Å². The maximum Gasteiger partial charge on any atom is 0.120 e. The molecule has 0 saturated heterocycles. The molecule has 2 N–H and O–H groups in total. The van der Waals surface area contributed by atoms with E-state index >= 15 is 0 Å².